The summed E-state index contributed by atoms with van der Waals surface area (Å²) in [6.07, 6.45) is 1.43. The van der Waals surface area contributed by atoms with Crippen LogP contribution in [0.2, 0.25) is 0 Å². The fourth-order valence-corrected chi connectivity index (χ4v) is 1.89. The van der Waals surface area contributed by atoms with E-state index in [0.717, 1.165) is 17.9 Å². The van der Waals surface area contributed by atoms with Crippen molar-refractivity contribution in [1.82, 2.24) is 9.97 Å². The second kappa shape index (κ2) is 5.97. The zero-order chi connectivity index (χ0) is 13.8. The van der Waals surface area contributed by atoms with Crippen molar-refractivity contribution in [3.05, 3.63) is 40.4 Å². The maximum atomic E-state index is 13.1. The maximum Gasteiger partial charge on any atom is 0.227 e. The SMILES string of the molecule is CCNc1ncnc(Oc2ccc(F)c(Br)c2)c1C. The van der Waals surface area contributed by atoms with Gasteiger partial charge in [-0.3, -0.25) is 0 Å². The van der Waals surface area contributed by atoms with Crippen LogP contribution in [0.5, 0.6) is 11.6 Å². The minimum absolute atomic E-state index is 0.333. The fraction of sp³-hybridized carbons (Fsp3) is 0.231. The van der Waals surface area contributed by atoms with Crippen molar-refractivity contribution >= 4 is 21.7 Å². The van der Waals surface area contributed by atoms with Crippen molar-refractivity contribution in [2.75, 3.05) is 11.9 Å². The lowest BCUT2D eigenvalue weighted by atomic mass is 10.3. The first kappa shape index (κ1) is 13.7. The summed E-state index contributed by atoms with van der Waals surface area (Å²) in [7, 11) is 0. The largest absolute Gasteiger partial charge is 0.439 e. The summed E-state index contributed by atoms with van der Waals surface area (Å²) in [4.78, 5) is 8.22. The number of ether oxygens (including phenoxy) is 1. The van der Waals surface area contributed by atoms with E-state index in [9.17, 15) is 4.39 Å². The Morgan fingerprint density at radius 2 is 2.16 bits per heavy atom. The standard InChI is InChI=1S/C13H13BrFN3O/c1-3-16-12-8(2)13(18-7-17-12)19-9-4-5-11(15)10(14)6-9/h4-7H,3H2,1-2H3,(H,16,17,18). The normalized spacial score (nSPS) is 10.3. The fourth-order valence-electron chi connectivity index (χ4n) is 1.53. The Labute approximate surface area is 119 Å². The molecular weight excluding hydrogens is 313 g/mol. The highest BCUT2D eigenvalue weighted by molar-refractivity contribution is 9.10. The lowest BCUT2D eigenvalue weighted by Gasteiger charge is -2.11. The van der Waals surface area contributed by atoms with E-state index in [1.54, 1.807) is 12.1 Å². The molecule has 0 fully saturated rings. The Balaban J connectivity index is 2.27. The molecule has 0 radical (unpaired) electrons. The van der Waals surface area contributed by atoms with Crippen LogP contribution in [-0.2, 0) is 0 Å². The van der Waals surface area contributed by atoms with Crippen molar-refractivity contribution in [1.29, 1.82) is 0 Å². The van der Waals surface area contributed by atoms with Crippen LogP contribution in [0.25, 0.3) is 0 Å². The number of hydrogen-bond donors (Lipinski definition) is 1. The van der Waals surface area contributed by atoms with Crippen LogP contribution in [0, 0.1) is 12.7 Å². The smallest absolute Gasteiger partial charge is 0.227 e. The first-order chi connectivity index (χ1) is 9.11. The first-order valence-electron chi connectivity index (χ1n) is 5.80. The molecule has 1 N–H and O–H groups in total. The minimum atomic E-state index is -0.333. The number of halogens is 2. The van der Waals surface area contributed by atoms with E-state index in [4.69, 9.17) is 4.74 Å². The van der Waals surface area contributed by atoms with Gasteiger partial charge in [-0.15, -0.1) is 0 Å². The van der Waals surface area contributed by atoms with E-state index in [1.165, 1.54) is 12.4 Å². The van der Waals surface area contributed by atoms with E-state index >= 15 is 0 Å². The molecule has 1 aromatic carbocycles. The summed E-state index contributed by atoms with van der Waals surface area (Å²) >= 11 is 3.12. The van der Waals surface area contributed by atoms with Gasteiger partial charge in [0.1, 0.15) is 23.7 Å². The molecule has 0 unspecified atom stereocenters. The minimum Gasteiger partial charge on any atom is -0.439 e. The first-order valence-corrected chi connectivity index (χ1v) is 6.59. The molecular formula is C13H13BrFN3O. The number of aromatic nitrogens is 2. The van der Waals surface area contributed by atoms with E-state index in [0.29, 0.717) is 16.1 Å². The third-order valence-corrected chi connectivity index (χ3v) is 3.10. The van der Waals surface area contributed by atoms with Gasteiger partial charge in [0, 0.05) is 6.54 Å². The van der Waals surface area contributed by atoms with Crippen LogP contribution in [-0.4, -0.2) is 16.5 Å². The topological polar surface area (TPSA) is 47.0 Å². The van der Waals surface area contributed by atoms with Crippen molar-refractivity contribution in [2.45, 2.75) is 13.8 Å². The molecule has 0 bridgehead atoms. The van der Waals surface area contributed by atoms with Crippen LogP contribution in [0.4, 0.5) is 10.2 Å². The third-order valence-electron chi connectivity index (χ3n) is 2.49. The molecule has 0 saturated heterocycles. The zero-order valence-corrected chi connectivity index (χ0v) is 12.2. The summed E-state index contributed by atoms with van der Waals surface area (Å²) in [5, 5.41) is 3.12. The van der Waals surface area contributed by atoms with Gasteiger partial charge in [-0.05, 0) is 48.0 Å². The molecule has 0 amide bonds. The average molecular weight is 326 g/mol. The van der Waals surface area contributed by atoms with Gasteiger partial charge in [-0.1, -0.05) is 0 Å². The Kier molecular flexibility index (Phi) is 4.31. The number of rotatable bonds is 4. The Hall–Kier alpha value is -1.69. The molecule has 2 rings (SSSR count). The van der Waals surface area contributed by atoms with Gasteiger partial charge in [0.2, 0.25) is 5.88 Å². The molecule has 0 aliphatic carbocycles. The van der Waals surface area contributed by atoms with Gasteiger partial charge >= 0.3 is 0 Å². The number of nitrogens with one attached hydrogen (secondary N) is 1. The van der Waals surface area contributed by atoms with Gasteiger partial charge in [-0.2, -0.15) is 0 Å². The molecule has 19 heavy (non-hydrogen) atoms. The highest BCUT2D eigenvalue weighted by Crippen LogP contribution is 2.28. The quantitative estimate of drug-likeness (QED) is 0.925. The molecule has 0 aliphatic rings. The number of hydrogen-bond acceptors (Lipinski definition) is 4. The van der Waals surface area contributed by atoms with Crippen LogP contribution < -0.4 is 10.1 Å². The number of anilines is 1. The summed E-state index contributed by atoms with van der Waals surface area (Å²) in [6, 6.07) is 4.44. The molecule has 1 heterocycles. The van der Waals surface area contributed by atoms with E-state index in [2.05, 4.69) is 31.2 Å². The lowest BCUT2D eigenvalue weighted by molar-refractivity contribution is 0.455. The van der Waals surface area contributed by atoms with Gasteiger partial charge in [-0.25, -0.2) is 14.4 Å². The second-order valence-electron chi connectivity index (χ2n) is 3.86. The van der Waals surface area contributed by atoms with E-state index < -0.39 is 0 Å². The lowest BCUT2D eigenvalue weighted by Crippen LogP contribution is -2.03. The van der Waals surface area contributed by atoms with Crippen LogP contribution in [0.15, 0.2) is 29.0 Å². The second-order valence-corrected chi connectivity index (χ2v) is 4.72. The molecule has 6 heteroatoms. The Morgan fingerprint density at radius 3 is 2.84 bits per heavy atom. The maximum absolute atomic E-state index is 13.1. The monoisotopic (exact) mass is 325 g/mol. The summed E-state index contributed by atoms with van der Waals surface area (Å²) in [5.41, 5.74) is 0.810. The van der Waals surface area contributed by atoms with Crippen LogP contribution in [0.1, 0.15) is 12.5 Å². The number of nitrogens with zero attached hydrogens (tertiary/aromatic N) is 2. The molecule has 0 saturated carbocycles. The number of benzene rings is 1. The summed E-state index contributed by atoms with van der Waals surface area (Å²) in [6.45, 7) is 4.62. The molecule has 0 atom stereocenters. The van der Waals surface area contributed by atoms with Gasteiger partial charge < -0.3 is 10.1 Å². The van der Waals surface area contributed by atoms with E-state index in [-0.39, 0.29) is 5.82 Å². The van der Waals surface area contributed by atoms with Crippen LogP contribution in [0.3, 0.4) is 0 Å². The molecule has 0 spiro atoms. The van der Waals surface area contributed by atoms with Crippen molar-refractivity contribution in [2.24, 2.45) is 0 Å². The Morgan fingerprint density at radius 1 is 1.37 bits per heavy atom. The predicted molar refractivity (Wildman–Crippen MR) is 75.1 cm³/mol. The molecule has 0 aliphatic heterocycles. The van der Waals surface area contributed by atoms with Crippen molar-refractivity contribution in [3.8, 4) is 11.6 Å². The highest BCUT2D eigenvalue weighted by Gasteiger charge is 2.09. The van der Waals surface area contributed by atoms with Crippen molar-refractivity contribution in [3.63, 3.8) is 0 Å². The summed E-state index contributed by atoms with van der Waals surface area (Å²) < 4.78 is 19.1. The van der Waals surface area contributed by atoms with Gasteiger partial charge in [0.15, 0.2) is 0 Å². The molecule has 4 nitrogen and oxygen atoms in total. The van der Waals surface area contributed by atoms with Crippen LogP contribution >= 0.6 is 15.9 Å². The zero-order valence-electron chi connectivity index (χ0n) is 10.6. The molecule has 1 aromatic heterocycles. The van der Waals surface area contributed by atoms with Crippen molar-refractivity contribution < 1.29 is 9.13 Å². The summed E-state index contributed by atoms with van der Waals surface area (Å²) in [5.74, 6) is 1.36. The molecule has 2 aromatic rings. The molecule has 100 valence electrons. The predicted octanol–water partition coefficient (Wildman–Crippen LogP) is 3.91. The van der Waals surface area contributed by atoms with Gasteiger partial charge in [0.25, 0.3) is 0 Å². The van der Waals surface area contributed by atoms with Gasteiger partial charge in [0.05, 0.1) is 10.0 Å². The Bertz CT molecular complexity index is 592. The highest BCUT2D eigenvalue weighted by atomic mass is 79.9. The third kappa shape index (κ3) is 3.20. The van der Waals surface area contributed by atoms with E-state index in [1.807, 2.05) is 13.8 Å². The average Bonchev–Trinajstić information content (AvgIpc) is 2.39.